The molecular weight excluding hydrogens is 367 g/mol. The first-order valence-corrected chi connectivity index (χ1v) is 8.60. The minimum absolute atomic E-state index is 0.307. The number of aryl methyl sites for hydroxylation is 1. The highest BCUT2D eigenvalue weighted by molar-refractivity contribution is 5.59. The Bertz CT molecular complexity index is 1120. The van der Waals surface area contributed by atoms with Crippen LogP contribution in [0.2, 0.25) is 0 Å². The maximum atomic E-state index is 13.0. The zero-order chi connectivity index (χ0) is 19.7. The highest BCUT2D eigenvalue weighted by Gasteiger charge is 2.30. The number of rotatable bonds is 4. The summed E-state index contributed by atoms with van der Waals surface area (Å²) in [6, 6.07) is 16.5. The molecule has 0 fully saturated rings. The summed E-state index contributed by atoms with van der Waals surface area (Å²) in [5, 5.41) is 7.47. The van der Waals surface area contributed by atoms with Crippen molar-refractivity contribution in [2.45, 2.75) is 19.5 Å². The van der Waals surface area contributed by atoms with Crippen LogP contribution in [0, 0.1) is 6.92 Å². The minimum atomic E-state index is -4.41. The summed E-state index contributed by atoms with van der Waals surface area (Å²) in [4.78, 5) is 8.82. The molecule has 1 N–H and O–H groups in total. The van der Waals surface area contributed by atoms with Gasteiger partial charge in [0, 0.05) is 23.9 Å². The molecule has 0 aliphatic carbocycles. The van der Waals surface area contributed by atoms with Gasteiger partial charge in [-0.1, -0.05) is 36.4 Å². The summed E-state index contributed by atoms with van der Waals surface area (Å²) in [6.45, 7) is 1.79. The third kappa shape index (κ3) is 3.80. The Kier molecular flexibility index (Phi) is 4.46. The zero-order valence-electron chi connectivity index (χ0n) is 14.9. The van der Waals surface area contributed by atoms with Gasteiger partial charge < -0.3 is 5.32 Å². The summed E-state index contributed by atoms with van der Waals surface area (Å²) < 4.78 is 40.4. The fraction of sp³-hybridized carbons (Fsp3) is 0.150. The van der Waals surface area contributed by atoms with Crippen molar-refractivity contribution < 1.29 is 13.2 Å². The maximum Gasteiger partial charge on any atom is 0.416 e. The van der Waals surface area contributed by atoms with Gasteiger partial charge in [-0.15, -0.1) is 5.10 Å². The van der Waals surface area contributed by atoms with Gasteiger partial charge in [0.25, 0.3) is 5.78 Å². The molecular formula is C20H16F3N5. The van der Waals surface area contributed by atoms with E-state index in [1.165, 1.54) is 10.6 Å². The molecule has 142 valence electrons. The van der Waals surface area contributed by atoms with E-state index in [4.69, 9.17) is 0 Å². The summed E-state index contributed by atoms with van der Waals surface area (Å²) in [6.07, 6.45) is -3.87. The van der Waals surface area contributed by atoms with Crippen LogP contribution in [0.25, 0.3) is 5.78 Å². The molecule has 0 aliphatic heterocycles. The van der Waals surface area contributed by atoms with Crippen LogP contribution in [-0.4, -0.2) is 19.6 Å². The van der Waals surface area contributed by atoms with E-state index in [2.05, 4.69) is 20.4 Å². The third-order valence-electron chi connectivity index (χ3n) is 4.15. The van der Waals surface area contributed by atoms with E-state index in [0.29, 0.717) is 35.2 Å². The maximum absolute atomic E-state index is 13.0. The van der Waals surface area contributed by atoms with E-state index in [1.807, 2.05) is 30.3 Å². The molecule has 28 heavy (non-hydrogen) atoms. The summed E-state index contributed by atoms with van der Waals surface area (Å²) in [5.74, 6) is 1.46. The second kappa shape index (κ2) is 6.95. The monoisotopic (exact) mass is 383 g/mol. The van der Waals surface area contributed by atoms with Crippen molar-refractivity contribution >= 4 is 17.3 Å². The number of aromatic nitrogens is 4. The van der Waals surface area contributed by atoms with Gasteiger partial charge in [0.2, 0.25) is 0 Å². The summed E-state index contributed by atoms with van der Waals surface area (Å²) in [5.41, 5.74) is 1.33. The molecule has 8 heteroatoms. The van der Waals surface area contributed by atoms with Gasteiger partial charge in [-0.05, 0) is 30.7 Å². The number of anilines is 2. The van der Waals surface area contributed by atoms with Crippen LogP contribution in [-0.2, 0) is 12.6 Å². The van der Waals surface area contributed by atoms with Gasteiger partial charge in [0.1, 0.15) is 5.82 Å². The normalized spacial score (nSPS) is 11.7. The van der Waals surface area contributed by atoms with E-state index >= 15 is 0 Å². The SMILES string of the molecule is Cc1cc(Nc2cccc(C(F)(F)F)c2)n2nc(Cc3ccccc3)nc2n1. The molecule has 0 saturated carbocycles. The van der Waals surface area contributed by atoms with Crippen molar-refractivity contribution in [3.63, 3.8) is 0 Å². The van der Waals surface area contributed by atoms with Crippen molar-refractivity contribution in [2.24, 2.45) is 0 Å². The van der Waals surface area contributed by atoms with Crippen LogP contribution in [0.1, 0.15) is 22.6 Å². The van der Waals surface area contributed by atoms with Gasteiger partial charge in [-0.25, -0.2) is 4.98 Å². The number of halogens is 3. The molecule has 0 saturated heterocycles. The van der Waals surface area contributed by atoms with Crippen LogP contribution in [0.4, 0.5) is 24.7 Å². The highest BCUT2D eigenvalue weighted by Crippen LogP contribution is 2.31. The van der Waals surface area contributed by atoms with Gasteiger partial charge in [0.05, 0.1) is 5.56 Å². The average molecular weight is 383 g/mol. The van der Waals surface area contributed by atoms with Crippen LogP contribution in [0.5, 0.6) is 0 Å². The van der Waals surface area contributed by atoms with Gasteiger partial charge >= 0.3 is 6.18 Å². The first kappa shape index (κ1) is 18.0. The molecule has 0 bridgehead atoms. The second-order valence-electron chi connectivity index (χ2n) is 6.39. The number of hydrogen-bond acceptors (Lipinski definition) is 4. The highest BCUT2D eigenvalue weighted by atomic mass is 19.4. The first-order valence-electron chi connectivity index (χ1n) is 8.60. The predicted molar refractivity (Wildman–Crippen MR) is 99.5 cm³/mol. The lowest BCUT2D eigenvalue weighted by atomic mass is 10.1. The number of hydrogen-bond donors (Lipinski definition) is 1. The van der Waals surface area contributed by atoms with E-state index < -0.39 is 11.7 Å². The lowest BCUT2D eigenvalue weighted by Gasteiger charge is -2.11. The van der Waals surface area contributed by atoms with Crippen molar-refractivity contribution in [1.82, 2.24) is 19.6 Å². The van der Waals surface area contributed by atoms with Gasteiger partial charge in [-0.2, -0.15) is 22.7 Å². The molecule has 2 aromatic heterocycles. The molecule has 4 rings (SSSR count). The number of benzene rings is 2. The largest absolute Gasteiger partial charge is 0.416 e. The van der Waals surface area contributed by atoms with Gasteiger partial charge in [0.15, 0.2) is 5.82 Å². The molecule has 0 amide bonds. The van der Waals surface area contributed by atoms with Crippen molar-refractivity contribution in [3.05, 3.63) is 83.3 Å². The first-order chi connectivity index (χ1) is 13.4. The van der Waals surface area contributed by atoms with Crippen LogP contribution >= 0.6 is 0 Å². The standard InChI is InChI=1S/C20H16F3N5/c1-13-10-18(25-16-9-5-8-15(12-16)20(21,22)23)28-19(24-13)26-17(27-28)11-14-6-3-2-4-7-14/h2-10,12,25H,11H2,1H3. The van der Waals surface area contributed by atoms with Crippen molar-refractivity contribution in [2.75, 3.05) is 5.32 Å². The molecule has 0 spiro atoms. The van der Waals surface area contributed by atoms with E-state index in [0.717, 1.165) is 17.7 Å². The predicted octanol–water partition coefficient (Wildman–Crippen LogP) is 4.79. The fourth-order valence-electron chi connectivity index (χ4n) is 2.89. The molecule has 5 nitrogen and oxygen atoms in total. The smallest absolute Gasteiger partial charge is 0.340 e. The Labute approximate surface area is 158 Å². The minimum Gasteiger partial charge on any atom is -0.340 e. The van der Waals surface area contributed by atoms with Crippen molar-refractivity contribution in [3.8, 4) is 0 Å². The molecule has 4 aromatic rings. The zero-order valence-corrected chi connectivity index (χ0v) is 14.9. The molecule has 2 heterocycles. The molecule has 0 aliphatic rings. The Morgan fingerprint density at radius 1 is 0.964 bits per heavy atom. The molecule has 0 radical (unpaired) electrons. The Hall–Kier alpha value is -3.42. The number of fused-ring (bicyclic) bond motifs is 1. The lowest BCUT2D eigenvalue weighted by Crippen LogP contribution is -2.06. The number of nitrogens with zero attached hydrogens (tertiary/aromatic N) is 4. The number of nitrogens with one attached hydrogen (secondary N) is 1. The van der Waals surface area contributed by atoms with E-state index in [-0.39, 0.29) is 0 Å². The second-order valence-corrected chi connectivity index (χ2v) is 6.39. The summed E-state index contributed by atoms with van der Waals surface area (Å²) >= 11 is 0. The fourth-order valence-corrected chi connectivity index (χ4v) is 2.89. The molecule has 2 aromatic carbocycles. The van der Waals surface area contributed by atoms with Gasteiger partial charge in [-0.3, -0.25) is 0 Å². The average Bonchev–Trinajstić information content (AvgIpc) is 3.04. The number of alkyl halides is 3. The van der Waals surface area contributed by atoms with Crippen LogP contribution in [0.15, 0.2) is 60.7 Å². The quantitative estimate of drug-likeness (QED) is 0.551. The topological polar surface area (TPSA) is 55.1 Å². The van der Waals surface area contributed by atoms with E-state index in [1.54, 1.807) is 19.1 Å². The van der Waals surface area contributed by atoms with Crippen LogP contribution < -0.4 is 5.32 Å². The Morgan fingerprint density at radius 2 is 1.75 bits per heavy atom. The lowest BCUT2D eigenvalue weighted by molar-refractivity contribution is -0.137. The molecule has 0 atom stereocenters. The molecule has 0 unspecified atom stereocenters. The summed E-state index contributed by atoms with van der Waals surface area (Å²) in [7, 11) is 0. The third-order valence-corrected chi connectivity index (χ3v) is 4.15. The van der Waals surface area contributed by atoms with Crippen LogP contribution in [0.3, 0.4) is 0 Å². The Morgan fingerprint density at radius 3 is 2.50 bits per heavy atom. The Balaban J connectivity index is 1.69. The van der Waals surface area contributed by atoms with Crippen molar-refractivity contribution in [1.29, 1.82) is 0 Å². The van der Waals surface area contributed by atoms with E-state index in [9.17, 15) is 13.2 Å².